The third kappa shape index (κ3) is 7.95. The second kappa shape index (κ2) is 13.6. The van der Waals surface area contributed by atoms with Gasteiger partial charge in [0.25, 0.3) is 11.8 Å². The SMILES string of the molecule is O=C(Cc1ccc(N2CC(F)(F)C2)cn1)Nc1ccc([C@H]2CCC[C@H](c3ccc(NC(=O)Cc4ccc(N5CC(F)(F)C5)cn4)nn3)C2)nn1. The topological polar surface area (TPSA) is 142 Å². The Hall–Kier alpha value is -5.28. The molecule has 2 aliphatic heterocycles. The van der Waals surface area contributed by atoms with E-state index in [4.69, 9.17) is 0 Å². The fourth-order valence-electron chi connectivity index (χ4n) is 6.49. The van der Waals surface area contributed by atoms with E-state index in [9.17, 15) is 27.2 Å². The van der Waals surface area contributed by atoms with E-state index in [0.29, 0.717) is 34.4 Å². The van der Waals surface area contributed by atoms with Crippen LogP contribution in [0, 0.1) is 0 Å². The van der Waals surface area contributed by atoms with Crippen molar-refractivity contribution in [2.45, 2.75) is 62.2 Å². The highest BCUT2D eigenvalue weighted by Gasteiger charge is 2.44. The Bertz CT molecular complexity index is 1680. The van der Waals surface area contributed by atoms with Crippen LogP contribution in [0.5, 0.6) is 0 Å². The van der Waals surface area contributed by atoms with Gasteiger partial charge in [-0.05, 0) is 67.8 Å². The minimum absolute atomic E-state index is 0.00507. The lowest BCUT2D eigenvalue weighted by Gasteiger charge is -2.40. The number of anilines is 4. The molecule has 0 spiro atoms. The molecule has 7 rings (SSSR count). The van der Waals surface area contributed by atoms with Gasteiger partial charge in [0.05, 0.1) is 74.2 Å². The Morgan fingerprint density at radius 2 is 1.08 bits per heavy atom. The Balaban J connectivity index is 0.866. The number of pyridine rings is 2. The predicted octanol–water partition coefficient (Wildman–Crippen LogP) is 4.77. The Kier molecular flexibility index (Phi) is 9.01. The van der Waals surface area contributed by atoms with Crippen molar-refractivity contribution < 1.29 is 27.2 Å². The Morgan fingerprint density at radius 3 is 1.42 bits per heavy atom. The Morgan fingerprint density at radius 1 is 0.640 bits per heavy atom. The summed E-state index contributed by atoms with van der Waals surface area (Å²) >= 11 is 0. The van der Waals surface area contributed by atoms with Gasteiger partial charge >= 0.3 is 0 Å². The highest BCUT2D eigenvalue weighted by molar-refractivity contribution is 5.91. The molecule has 6 heterocycles. The molecule has 0 aromatic carbocycles. The monoisotopic (exact) mass is 690 g/mol. The number of nitrogens with one attached hydrogen (secondary N) is 2. The second-order valence-corrected chi connectivity index (χ2v) is 13.1. The van der Waals surface area contributed by atoms with Crippen molar-refractivity contribution in [1.29, 1.82) is 0 Å². The normalized spacial score (nSPS) is 20.7. The van der Waals surface area contributed by atoms with Crippen LogP contribution in [-0.4, -0.2) is 80.2 Å². The van der Waals surface area contributed by atoms with Crippen LogP contribution in [0.15, 0.2) is 60.9 Å². The number of halogens is 4. The maximum Gasteiger partial charge on any atom is 0.282 e. The van der Waals surface area contributed by atoms with Crippen molar-refractivity contribution in [3.05, 3.63) is 83.7 Å². The first-order chi connectivity index (χ1) is 24.0. The number of hydrogen-bond acceptors (Lipinski definition) is 10. The molecule has 2 N–H and O–H groups in total. The third-order valence-electron chi connectivity index (χ3n) is 9.14. The van der Waals surface area contributed by atoms with Crippen molar-refractivity contribution in [3.63, 3.8) is 0 Å². The van der Waals surface area contributed by atoms with Gasteiger partial charge in [-0.25, -0.2) is 17.6 Å². The smallest absolute Gasteiger partial charge is 0.282 e. The van der Waals surface area contributed by atoms with Crippen molar-refractivity contribution in [2.75, 3.05) is 46.6 Å². The highest BCUT2D eigenvalue weighted by Crippen LogP contribution is 2.40. The van der Waals surface area contributed by atoms with Gasteiger partial charge in [0, 0.05) is 23.2 Å². The molecular weight excluding hydrogens is 656 g/mol. The van der Waals surface area contributed by atoms with E-state index in [1.165, 1.54) is 22.2 Å². The quantitative estimate of drug-likeness (QED) is 0.224. The number of nitrogens with zero attached hydrogens (tertiary/aromatic N) is 8. The highest BCUT2D eigenvalue weighted by atomic mass is 19.3. The lowest BCUT2D eigenvalue weighted by Crippen LogP contribution is -2.56. The maximum absolute atomic E-state index is 13.1. The standard InChI is InChI=1S/C34H34F4N10O2/c35-33(36)17-47(18-33)25-6-4-23(39-15-25)13-31(49)41-29-10-8-27(43-45-29)21-2-1-3-22(12-21)28-9-11-30(46-44-28)42-32(50)14-24-5-7-26(16-40-24)48-19-34(37,38)20-48/h4-11,15-16,21-22H,1-3,12-14,17-20H2,(H,41,45,49)(H,42,46,50)/t21-,22-/m0/s1. The lowest BCUT2D eigenvalue weighted by atomic mass is 9.78. The van der Waals surface area contributed by atoms with Gasteiger partial charge in [0.15, 0.2) is 11.6 Å². The molecule has 3 aliphatic rings. The predicted molar refractivity (Wildman–Crippen MR) is 175 cm³/mol. The number of rotatable bonds is 10. The van der Waals surface area contributed by atoms with Crippen molar-refractivity contribution in [1.82, 2.24) is 30.4 Å². The van der Waals surface area contributed by atoms with E-state index >= 15 is 0 Å². The van der Waals surface area contributed by atoms with Gasteiger partial charge in [-0.2, -0.15) is 10.2 Å². The molecule has 16 heteroatoms. The summed E-state index contributed by atoms with van der Waals surface area (Å²) in [6, 6.07) is 13.8. The van der Waals surface area contributed by atoms with Gasteiger partial charge in [0.2, 0.25) is 11.8 Å². The van der Waals surface area contributed by atoms with Gasteiger partial charge in [-0.1, -0.05) is 6.42 Å². The van der Waals surface area contributed by atoms with Crippen LogP contribution in [0.25, 0.3) is 0 Å². The molecule has 260 valence electrons. The van der Waals surface area contributed by atoms with Crippen LogP contribution in [0.4, 0.5) is 40.6 Å². The summed E-state index contributed by atoms with van der Waals surface area (Å²) in [7, 11) is 0. The zero-order valence-electron chi connectivity index (χ0n) is 26.9. The summed E-state index contributed by atoms with van der Waals surface area (Å²) in [6.45, 7) is -1.33. The van der Waals surface area contributed by atoms with Gasteiger partial charge < -0.3 is 20.4 Å². The molecule has 1 saturated carbocycles. The maximum atomic E-state index is 13.1. The molecule has 4 aromatic heterocycles. The van der Waals surface area contributed by atoms with Crippen LogP contribution < -0.4 is 20.4 Å². The van der Waals surface area contributed by atoms with Crippen LogP contribution in [0.2, 0.25) is 0 Å². The molecule has 0 unspecified atom stereocenters. The molecule has 2 saturated heterocycles. The molecular formula is C34H34F4N10O2. The number of carbonyl (C=O) groups excluding carboxylic acids is 2. The van der Waals surface area contributed by atoms with E-state index in [1.807, 2.05) is 12.1 Å². The minimum Gasteiger partial charge on any atom is -0.358 e. The molecule has 12 nitrogen and oxygen atoms in total. The summed E-state index contributed by atoms with van der Waals surface area (Å²) in [6.07, 6.45) is 6.64. The molecule has 4 aromatic rings. The second-order valence-electron chi connectivity index (χ2n) is 13.1. The number of hydrogen-bond donors (Lipinski definition) is 2. The van der Waals surface area contributed by atoms with Crippen molar-refractivity contribution in [3.8, 4) is 0 Å². The van der Waals surface area contributed by atoms with Crippen LogP contribution in [0.3, 0.4) is 0 Å². The molecule has 2 atom stereocenters. The molecule has 2 amide bonds. The average molecular weight is 691 g/mol. The summed E-state index contributed by atoms with van der Waals surface area (Å²) in [4.78, 5) is 36.7. The Labute approximate surface area is 284 Å². The molecule has 50 heavy (non-hydrogen) atoms. The summed E-state index contributed by atoms with van der Waals surface area (Å²) < 4.78 is 52.5. The van der Waals surface area contributed by atoms with E-state index in [2.05, 4.69) is 41.0 Å². The largest absolute Gasteiger partial charge is 0.358 e. The summed E-state index contributed by atoms with van der Waals surface area (Å²) in [5, 5.41) is 22.7. The van der Waals surface area contributed by atoms with Gasteiger partial charge in [-0.15, -0.1) is 10.2 Å². The first-order valence-electron chi connectivity index (χ1n) is 16.4. The molecule has 3 fully saturated rings. The van der Waals surface area contributed by atoms with Crippen LogP contribution in [-0.2, 0) is 22.4 Å². The van der Waals surface area contributed by atoms with Crippen molar-refractivity contribution in [2.24, 2.45) is 0 Å². The van der Waals surface area contributed by atoms with E-state index in [0.717, 1.165) is 37.1 Å². The first kappa shape index (κ1) is 33.2. The molecule has 0 radical (unpaired) electrons. The zero-order chi connectivity index (χ0) is 34.9. The van der Waals surface area contributed by atoms with E-state index < -0.39 is 11.8 Å². The average Bonchev–Trinajstić information content (AvgIpc) is 3.07. The van der Waals surface area contributed by atoms with Crippen molar-refractivity contribution >= 4 is 34.8 Å². The minimum atomic E-state index is -2.67. The fourth-order valence-corrected chi connectivity index (χ4v) is 6.49. The zero-order valence-corrected chi connectivity index (χ0v) is 26.9. The molecule has 0 bridgehead atoms. The van der Waals surface area contributed by atoms with Gasteiger partial charge in [0.1, 0.15) is 0 Å². The summed E-state index contributed by atoms with van der Waals surface area (Å²) in [5.41, 5.74) is 3.85. The van der Waals surface area contributed by atoms with Crippen LogP contribution in [0.1, 0.15) is 60.3 Å². The number of carbonyl (C=O) groups is 2. The lowest BCUT2D eigenvalue weighted by molar-refractivity contribution is -0.116. The third-order valence-corrected chi connectivity index (χ3v) is 9.14. The number of aromatic nitrogens is 6. The van der Waals surface area contributed by atoms with E-state index in [1.54, 1.807) is 36.4 Å². The number of amides is 2. The summed E-state index contributed by atoms with van der Waals surface area (Å²) in [5.74, 6) is -5.03. The van der Waals surface area contributed by atoms with Gasteiger partial charge in [-0.3, -0.25) is 19.6 Å². The number of alkyl halides is 4. The first-order valence-corrected chi connectivity index (χ1v) is 16.4. The van der Waals surface area contributed by atoms with E-state index in [-0.39, 0.29) is 62.7 Å². The van der Waals surface area contributed by atoms with Crippen LogP contribution >= 0.6 is 0 Å². The fraction of sp³-hybridized carbons (Fsp3) is 0.412. The molecule has 1 aliphatic carbocycles.